The van der Waals surface area contributed by atoms with Crippen molar-refractivity contribution in [3.63, 3.8) is 0 Å². The minimum Gasteiger partial charge on any atom is -0.468 e. The van der Waals surface area contributed by atoms with E-state index in [1.165, 1.54) is 14.2 Å². The van der Waals surface area contributed by atoms with Crippen molar-refractivity contribution in [1.29, 1.82) is 0 Å². The summed E-state index contributed by atoms with van der Waals surface area (Å²) in [5.74, 6) is -2.27. The summed E-state index contributed by atoms with van der Waals surface area (Å²) in [6.07, 6.45) is 2.07. The monoisotopic (exact) mass is 226 g/mol. The van der Waals surface area contributed by atoms with Gasteiger partial charge in [0.15, 0.2) is 5.78 Å². The summed E-state index contributed by atoms with van der Waals surface area (Å²) in [7, 11) is 2.37. The number of Topliss-reactive ketones (excluding diaryl/α,β-unsaturated/α-hetero) is 1. The average molecular weight is 226 g/mol. The lowest BCUT2D eigenvalue weighted by molar-refractivity contribution is -0.175. The van der Waals surface area contributed by atoms with Gasteiger partial charge in [-0.3, -0.25) is 14.4 Å². The zero-order valence-electron chi connectivity index (χ0n) is 9.32. The first-order valence-corrected chi connectivity index (χ1v) is 5.30. The van der Waals surface area contributed by atoms with E-state index in [0.717, 1.165) is 6.42 Å². The second-order valence-corrected chi connectivity index (χ2v) is 4.36. The van der Waals surface area contributed by atoms with Crippen LogP contribution in [0.25, 0.3) is 0 Å². The highest BCUT2D eigenvalue weighted by atomic mass is 16.5. The lowest BCUT2D eigenvalue weighted by Crippen LogP contribution is -2.51. The van der Waals surface area contributed by atoms with Crippen molar-refractivity contribution in [3.05, 3.63) is 0 Å². The van der Waals surface area contributed by atoms with Gasteiger partial charge in [0, 0.05) is 5.92 Å². The fourth-order valence-corrected chi connectivity index (χ4v) is 3.08. The molecule has 0 aliphatic heterocycles. The van der Waals surface area contributed by atoms with E-state index in [1.54, 1.807) is 0 Å². The molecule has 2 atom stereocenters. The van der Waals surface area contributed by atoms with Gasteiger partial charge in [-0.1, -0.05) is 0 Å². The largest absolute Gasteiger partial charge is 0.468 e. The summed E-state index contributed by atoms with van der Waals surface area (Å²) in [4.78, 5) is 35.7. The highest BCUT2D eigenvalue weighted by Gasteiger charge is 2.68. The molecular formula is C11H14O5. The Balaban J connectivity index is 2.47. The Labute approximate surface area is 93.1 Å². The van der Waals surface area contributed by atoms with Crippen molar-refractivity contribution in [2.45, 2.75) is 19.3 Å². The summed E-state index contributed by atoms with van der Waals surface area (Å²) >= 11 is 0. The van der Waals surface area contributed by atoms with Crippen molar-refractivity contribution in [1.82, 2.24) is 0 Å². The molecule has 0 spiro atoms. The van der Waals surface area contributed by atoms with Crippen LogP contribution in [0.4, 0.5) is 0 Å². The van der Waals surface area contributed by atoms with Gasteiger partial charge in [0.25, 0.3) is 0 Å². The van der Waals surface area contributed by atoms with Crippen molar-refractivity contribution in [2.75, 3.05) is 14.2 Å². The van der Waals surface area contributed by atoms with E-state index >= 15 is 0 Å². The van der Waals surface area contributed by atoms with Gasteiger partial charge in [-0.15, -0.1) is 0 Å². The fourth-order valence-electron chi connectivity index (χ4n) is 3.08. The lowest BCUT2D eigenvalue weighted by Gasteiger charge is -2.30. The molecule has 0 saturated heterocycles. The first-order valence-electron chi connectivity index (χ1n) is 5.30. The molecule has 0 aromatic carbocycles. The van der Waals surface area contributed by atoms with Crippen LogP contribution in [0.3, 0.4) is 0 Å². The Bertz CT molecular complexity index is 343. The average Bonchev–Trinajstić information content (AvgIpc) is 2.87. The highest BCUT2D eigenvalue weighted by molar-refractivity contribution is 6.22. The first-order chi connectivity index (χ1) is 7.58. The zero-order chi connectivity index (χ0) is 11.9. The van der Waals surface area contributed by atoms with Crippen LogP contribution in [0, 0.1) is 17.3 Å². The molecule has 0 radical (unpaired) electrons. The number of ketones is 1. The summed E-state index contributed by atoms with van der Waals surface area (Å²) in [6.45, 7) is 0. The van der Waals surface area contributed by atoms with E-state index in [1.807, 2.05) is 0 Å². The molecule has 16 heavy (non-hydrogen) atoms. The van der Waals surface area contributed by atoms with Crippen LogP contribution in [0.1, 0.15) is 19.3 Å². The molecule has 2 rings (SSSR count). The van der Waals surface area contributed by atoms with Crippen molar-refractivity contribution >= 4 is 17.7 Å². The summed E-state index contributed by atoms with van der Waals surface area (Å²) in [5, 5.41) is 0. The third kappa shape index (κ3) is 1.08. The molecule has 2 saturated carbocycles. The van der Waals surface area contributed by atoms with Crippen LogP contribution in [0.2, 0.25) is 0 Å². The molecule has 0 aromatic rings. The quantitative estimate of drug-likeness (QED) is 0.501. The van der Waals surface area contributed by atoms with Crippen molar-refractivity contribution in [2.24, 2.45) is 17.3 Å². The molecular weight excluding hydrogens is 212 g/mol. The van der Waals surface area contributed by atoms with Gasteiger partial charge < -0.3 is 9.47 Å². The van der Waals surface area contributed by atoms with Gasteiger partial charge in [-0.05, 0) is 25.2 Å². The van der Waals surface area contributed by atoms with E-state index in [2.05, 4.69) is 9.47 Å². The standard InChI is InChI=1S/C11H14O5/c1-15-9(13)11(10(14)16-2)7-4-3-6(5-7)8(11)12/h6-7H,3-5H2,1-2H3. The van der Waals surface area contributed by atoms with Gasteiger partial charge >= 0.3 is 11.9 Å². The number of ether oxygens (including phenoxy) is 2. The number of hydrogen-bond donors (Lipinski definition) is 0. The molecule has 0 amide bonds. The van der Waals surface area contributed by atoms with Crippen molar-refractivity contribution < 1.29 is 23.9 Å². The van der Waals surface area contributed by atoms with Gasteiger partial charge in [-0.25, -0.2) is 0 Å². The summed E-state index contributed by atoms with van der Waals surface area (Å²) in [5.41, 5.74) is -1.67. The minimum atomic E-state index is -1.67. The van der Waals surface area contributed by atoms with Gasteiger partial charge in [0.1, 0.15) is 0 Å². The van der Waals surface area contributed by atoms with Crippen molar-refractivity contribution in [3.8, 4) is 0 Å². The van der Waals surface area contributed by atoms with Crippen LogP contribution >= 0.6 is 0 Å². The molecule has 0 heterocycles. The van der Waals surface area contributed by atoms with Crippen LogP contribution in [-0.2, 0) is 23.9 Å². The summed E-state index contributed by atoms with van der Waals surface area (Å²) < 4.78 is 9.25. The van der Waals surface area contributed by atoms with Gasteiger partial charge in [0.2, 0.25) is 5.41 Å². The Kier molecular flexibility index (Phi) is 2.48. The number of carbonyl (C=O) groups excluding carboxylic acids is 3. The smallest absolute Gasteiger partial charge is 0.331 e. The topological polar surface area (TPSA) is 69.7 Å². The normalized spacial score (nSPS) is 30.2. The third-order valence-corrected chi connectivity index (χ3v) is 3.82. The van der Waals surface area contributed by atoms with Crippen LogP contribution < -0.4 is 0 Å². The molecule has 0 aromatic heterocycles. The highest BCUT2D eigenvalue weighted by Crippen LogP contribution is 2.54. The molecule has 5 nitrogen and oxygen atoms in total. The van der Waals surface area contributed by atoms with Gasteiger partial charge in [-0.2, -0.15) is 0 Å². The molecule has 2 unspecified atom stereocenters. The number of hydrogen-bond acceptors (Lipinski definition) is 5. The number of carbonyl (C=O) groups is 3. The molecule has 2 aliphatic rings. The third-order valence-electron chi connectivity index (χ3n) is 3.82. The lowest BCUT2D eigenvalue weighted by atomic mass is 9.72. The second-order valence-electron chi connectivity index (χ2n) is 4.36. The van der Waals surface area contributed by atoms with Crippen LogP contribution in [-0.4, -0.2) is 31.9 Å². The van der Waals surface area contributed by atoms with E-state index in [4.69, 9.17) is 0 Å². The predicted molar refractivity (Wildman–Crippen MR) is 52.3 cm³/mol. The molecule has 2 fully saturated rings. The molecule has 2 aliphatic carbocycles. The molecule has 0 N–H and O–H groups in total. The van der Waals surface area contributed by atoms with E-state index in [9.17, 15) is 14.4 Å². The molecule has 2 bridgehead atoms. The predicted octanol–water partition coefficient (Wildman–Crippen LogP) is 0.318. The number of rotatable bonds is 2. The number of methoxy groups -OCH3 is 2. The maximum absolute atomic E-state index is 12.1. The van der Waals surface area contributed by atoms with E-state index in [-0.39, 0.29) is 17.6 Å². The SMILES string of the molecule is COC(=O)C1(C(=O)OC)C(=O)C2CCC1C2. The molecule has 88 valence electrons. The zero-order valence-corrected chi connectivity index (χ0v) is 9.32. The van der Waals surface area contributed by atoms with Crippen LogP contribution in [0.15, 0.2) is 0 Å². The van der Waals surface area contributed by atoms with Gasteiger partial charge in [0.05, 0.1) is 14.2 Å². The summed E-state index contributed by atoms with van der Waals surface area (Å²) in [6, 6.07) is 0. The number of esters is 2. The Hall–Kier alpha value is -1.39. The Morgan fingerprint density at radius 3 is 2.12 bits per heavy atom. The Morgan fingerprint density at radius 2 is 1.75 bits per heavy atom. The molecule has 5 heteroatoms. The maximum atomic E-state index is 12.1. The van der Waals surface area contributed by atoms with E-state index < -0.39 is 17.4 Å². The van der Waals surface area contributed by atoms with E-state index in [0.29, 0.717) is 12.8 Å². The first kappa shape index (κ1) is 11.1. The fraction of sp³-hybridized carbons (Fsp3) is 0.727. The number of fused-ring (bicyclic) bond motifs is 2. The second kappa shape index (κ2) is 3.57. The maximum Gasteiger partial charge on any atom is 0.331 e. The Morgan fingerprint density at radius 1 is 1.19 bits per heavy atom. The minimum absolute atomic E-state index is 0.178. The van der Waals surface area contributed by atoms with Crippen LogP contribution in [0.5, 0.6) is 0 Å².